The summed E-state index contributed by atoms with van der Waals surface area (Å²) in [6.07, 6.45) is 9.63. The summed E-state index contributed by atoms with van der Waals surface area (Å²) in [7, 11) is 3.19. The van der Waals surface area contributed by atoms with Gasteiger partial charge in [0.15, 0.2) is 17.4 Å². The van der Waals surface area contributed by atoms with Gasteiger partial charge in [0.1, 0.15) is 5.76 Å². The Morgan fingerprint density at radius 1 is 1.23 bits per heavy atom. The third-order valence-corrected chi connectivity index (χ3v) is 4.38. The van der Waals surface area contributed by atoms with Crippen LogP contribution in [0.2, 0.25) is 0 Å². The number of aryl methyl sites for hydroxylation is 1. The van der Waals surface area contributed by atoms with Crippen LogP contribution >= 0.6 is 0 Å². The number of nitrogens with one attached hydrogen (secondary N) is 2. The SMILES string of the molecule is C#C.CC.Cc1coc(CNC2=NS(=O)N=C2Nc2cccc(C(=O)N(C)C)c2O)c1. The van der Waals surface area contributed by atoms with E-state index in [1.165, 1.54) is 11.0 Å². The van der Waals surface area contributed by atoms with Gasteiger partial charge in [-0.3, -0.25) is 4.79 Å². The molecule has 1 amide bonds. The predicted octanol–water partition coefficient (Wildman–Crippen LogP) is 2.86. The molecule has 2 heterocycles. The molecule has 0 saturated carbocycles. The van der Waals surface area contributed by atoms with E-state index < -0.39 is 11.2 Å². The van der Waals surface area contributed by atoms with Gasteiger partial charge in [-0.1, -0.05) is 19.9 Å². The Bertz CT molecular complexity index is 1010. The van der Waals surface area contributed by atoms with Crippen LogP contribution in [-0.4, -0.2) is 45.9 Å². The summed E-state index contributed by atoms with van der Waals surface area (Å²) in [5.74, 6) is 0.590. The molecular formula is C21H27N5O4S. The highest BCUT2D eigenvalue weighted by atomic mass is 32.2. The quantitative estimate of drug-likeness (QED) is 0.492. The topological polar surface area (TPSA) is 120 Å². The van der Waals surface area contributed by atoms with E-state index in [0.717, 1.165) is 5.56 Å². The summed E-state index contributed by atoms with van der Waals surface area (Å²) in [4.78, 5) is 13.5. The summed E-state index contributed by atoms with van der Waals surface area (Å²) in [6.45, 7) is 6.24. The molecule has 166 valence electrons. The number of terminal acetylenes is 1. The number of rotatable bonds is 4. The maximum atomic E-state index is 12.1. The molecule has 0 saturated heterocycles. The lowest BCUT2D eigenvalue weighted by Crippen LogP contribution is -2.33. The smallest absolute Gasteiger partial charge is 0.269 e. The summed E-state index contributed by atoms with van der Waals surface area (Å²) >= 11 is -1.77. The molecule has 3 rings (SSSR count). The zero-order chi connectivity index (χ0) is 23.6. The van der Waals surface area contributed by atoms with E-state index in [2.05, 4.69) is 32.3 Å². The molecule has 2 aromatic rings. The van der Waals surface area contributed by atoms with Crippen LogP contribution in [0.1, 0.15) is 35.5 Å². The average molecular weight is 446 g/mol. The van der Waals surface area contributed by atoms with Gasteiger partial charge < -0.3 is 25.1 Å². The van der Waals surface area contributed by atoms with Crippen LogP contribution < -0.4 is 10.6 Å². The molecule has 3 N–H and O–H groups in total. The number of carbonyl (C=O) groups is 1. The van der Waals surface area contributed by atoms with Crippen molar-refractivity contribution in [3.05, 3.63) is 47.4 Å². The molecule has 0 bridgehead atoms. The number of phenols is 1. The Labute approximate surface area is 185 Å². The Hall–Kier alpha value is -3.58. The summed E-state index contributed by atoms with van der Waals surface area (Å²) < 4.78 is 24.9. The number of anilines is 1. The van der Waals surface area contributed by atoms with Crippen molar-refractivity contribution in [2.45, 2.75) is 27.3 Å². The van der Waals surface area contributed by atoms with E-state index in [9.17, 15) is 14.1 Å². The first-order valence-electron chi connectivity index (χ1n) is 9.37. The first-order chi connectivity index (χ1) is 14.8. The first kappa shape index (κ1) is 25.5. The van der Waals surface area contributed by atoms with Crippen molar-refractivity contribution in [3.63, 3.8) is 0 Å². The first-order valence-corrected chi connectivity index (χ1v) is 10.4. The number of amidine groups is 2. The molecule has 1 unspecified atom stereocenters. The van der Waals surface area contributed by atoms with Crippen LogP contribution in [-0.2, 0) is 17.7 Å². The van der Waals surface area contributed by atoms with Gasteiger partial charge in [-0.15, -0.1) is 21.6 Å². The van der Waals surface area contributed by atoms with Crippen molar-refractivity contribution in [1.29, 1.82) is 0 Å². The van der Waals surface area contributed by atoms with Crippen molar-refractivity contribution in [2.75, 3.05) is 19.4 Å². The molecule has 1 aromatic heterocycles. The van der Waals surface area contributed by atoms with Crippen molar-refractivity contribution >= 4 is 34.4 Å². The molecule has 0 aliphatic carbocycles. The number of carbonyl (C=O) groups excluding carboxylic acids is 1. The average Bonchev–Trinajstić information content (AvgIpc) is 3.34. The zero-order valence-corrected chi connectivity index (χ0v) is 19.0. The summed E-state index contributed by atoms with van der Waals surface area (Å²) in [5.41, 5.74) is 1.38. The Morgan fingerprint density at radius 2 is 1.87 bits per heavy atom. The van der Waals surface area contributed by atoms with Crippen molar-refractivity contribution < 1.29 is 18.5 Å². The number of hydrogen-bond donors (Lipinski definition) is 3. The molecule has 31 heavy (non-hydrogen) atoms. The van der Waals surface area contributed by atoms with Crippen molar-refractivity contribution in [1.82, 2.24) is 10.2 Å². The number of benzene rings is 1. The van der Waals surface area contributed by atoms with Crippen molar-refractivity contribution in [3.8, 4) is 18.6 Å². The van der Waals surface area contributed by atoms with Gasteiger partial charge in [0.25, 0.3) is 17.1 Å². The van der Waals surface area contributed by atoms with E-state index in [-0.39, 0.29) is 34.6 Å². The molecule has 1 aliphatic rings. The van der Waals surface area contributed by atoms with Crippen LogP contribution in [0, 0.1) is 19.8 Å². The number of amides is 1. The molecule has 1 aliphatic heterocycles. The van der Waals surface area contributed by atoms with E-state index in [4.69, 9.17) is 4.42 Å². The largest absolute Gasteiger partial charge is 0.505 e. The Morgan fingerprint density at radius 3 is 2.45 bits per heavy atom. The molecule has 0 spiro atoms. The van der Waals surface area contributed by atoms with Crippen LogP contribution in [0.5, 0.6) is 5.75 Å². The lowest BCUT2D eigenvalue weighted by Gasteiger charge is -2.15. The fraction of sp³-hybridized carbons (Fsp3) is 0.286. The molecule has 1 atom stereocenters. The van der Waals surface area contributed by atoms with Crippen LogP contribution in [0.15, 0.2) is 43.7 Å². The van der Waals surface area contributed by atoms with Gasteiger partial charge in [-0.05, 0) is 30.7 Å². The minimum absolute atomic E-state index is 0.141. The van der Waals surface area contributed by atoms with E-state index >= 15 is 0 Å². The van der Waals surface area contributed by atoms with Crippen LogP contribution in [0.25, 0.3) is 0 Å². The number of para-hydroxylation sites is 1. The van der Waals surface area contributed by atoms with Gasteiger partial charge in [-0.2, -0.15) is 0 Å². The fourth-order valence-electron chi connectivity index (χ4n) is 2.40. The van der Waals surface area contributed by atoms with Crippen molar-refractivity contribution in [2.24, 2.45) is 8.80 Å². The normalized spacial score (nSPS) is 14.1. The molecule has 10 heteroatoms. The van der Waals surface area contributed by atoms with Gasteiger partial charge >= 0.3 is 0 Å². The Kier molecular flexibility index (Phi) is 10.0. The summed E-state index contributed by atoms with van der Waals surface area (Å²) in [6, 6.07) is 6.59. The third-order valence-electron chi connectivity index (χ3n) is 3.70. The number of hydrogen-bond acceptors (Lipinski definition) is 6. The highest BCUT2D eigenvalue weighted by Crippen LogP contribution is 2.28. The second-order valence-corrected chi connectivity index (χ2v) is 6.91. The minimum Gasteiger partial charge on any atom is -0.505 e. The van der Waals surface area contributed by atoms with Crippen LogP contribution in [0.4, 0.5) is 5.69 Å². The summed E-state index contributed by atoms with van der Waals surface area (Å²) in [5, 5.41) is 16.3. The minimum atomic E-state index is -1.77. The maximum absolute atomic E-state index is 12.1. The van der Waals surface area contributed by atoms with Gasteiger partial charge in [0, 0.05) is 14.1 Å². The molecule has 0 fully saturated rings. The maximum Gasteiger partial charge on any atom is 0.269 e. The second-order valence-electron chi connectivity index (χ2n) is 6.08. The lowest BCUT2D eigenvalue weighted by atomic mass is 10.1. The van der Waals surface area contributed by atoms with E-state index in [1.54, 1.807) is 32.5 Å². The standard InChI is InChI=1S/C17H19N5O4S.C2H6.C2H2/c1-10-7-11(26-9-10)8-18-15-16(21-27(25)20-15)19-13-6-4-5-12(14(13)23)17(24)22(2)3;2*1-2/h4-7,9,23H,8H2,1-3H3,(H,18,20)(H,19,21);1-2H3;1-2H. The number of aromatic hydroxyl groups is 1. The van der Waals surface area contributed by atoms with E-state index in [0.29, 0.717) is 12.3 Å². The third kappa shape index (κ3) is 6.72. The number of phenolic OH excluding ortho intramolecular Hbond substituents is 1. The predicted molar refractivity (Wildman–Crippen MR) is 124 cm³/mol. The van der Waals surface area contributed by atoms with Crippen LogP contribution in [0.3, 0.4) is 0 Å². The van der Waals surface area contributed by atoms with Gasteiger partial charge in [0.2, 0.25) is 0 Å². The zero-order valence-electron chi connectivity index (χ0n) is 18.2. The lowest BCUT2D eigenvalue weighted by molar-refractivity contribution is 0.0824. The van der Waals surface area contributed by atoms with Gasteiger partial charge in [-0.25, -0.2) is 4.21 Å². The molecular weight excluding hydrogens is 418 g/mol. The molecule has 9 nitrogen and oxygen atoms in total. The number of furan rings is 1. The fourth-order valence-corrected chi connectivity index (χ4v) is 3.04. The Balaban J connectivity index is 0.00000113. The number of nitrogens with zero attached hydrogens (tertiary/aromatic N) is 3. The highest BCUT2D eigenvalue weighted by Gasteiger charge is 2.22. The van der Waals surface area contributed by atoms with Gasteiger partial charge in [0.05, 0.1) is 24.1 Å². The molecule has 0 radical (unpaired) electrons. The van der Waals surface area contributed by atoms with E-state index in [1.807, 2.05) is 26.8 Å². The highest BCUT2D eigenvalue weighted by molar-refractivity contribution is 7.83. The monoisotopic (exact) mass is 445 g/mol. The molecule has 1 aromatic carbocycles. The second kappa shape index (κ2) is 12.2.